The number of hydrogen-bond donors (Lipinski definition) is 1. The molecule has 0 radical (unpaired) electrons. The summed E-state index contributed by atoms with van der Waals surface area (Å²) in [4.78, 5) is 12.5. The highest BCUT2D eigenvalue weighted by molar-refractivity contribution is 7.92. The minimum atomic E-state index is -3.65. The molecule has 2 aromatic carbocycles. The van der Waals surface area contributed by atoms with Crippen LogP contribution >= 0.6 is 11.6 Å². The van der Waals surface area contributed by atoms with Crippen LogP contribution in [0, 0.1) is 13.8 Å². The van der Waals surface area contributed by atoms with E-state index in [1.54, 1.807) is 43.3 Å². The Labute approximate surface area is 171 Å². The smallest absolute Gasteiger partial charge is 0.243 e. The molecule has 0 bridgehead atoms. The molecule has 0 saturated heterocycles. The van der Waals surface area contributed by atoms with Gasteiger partial charge in [0.05, 0.1) is 23.5 Å². The Morgan fingerprint density at radius 3 is 2.46 bits per heavy atom. The topological polar surface area (TPSA) is 75.7 Å². The Balaban J connectivity index is 2.03. The second-order valence-corrected chi connectivity index (χ2v) is 8.84. The number of rotatable bonds is 8. The van der Waals surface area contributed by atoms with Gasteiger partial charge >= 0.3 is 0 Å². The van der Waals surface area contributed by atoms with Crippen molar-refractivity contribution in [2.24, 2.45) is 0 Å². The van der Waals surface area contributed by atoms with Crippen LogP contribution in [0.1, 0.15) is 18.1 Å². The first-order valence-electron chi connectivity index (χ1n) is 8.83. The number of anilines is 1. The number of para-hydroxylation sites is 1. The van der Waals surface area contributed by atoms with Gasteiger partial charge in [0.15, 0.2) is 0 Å². The number of nitrogens with one attached hydrogen (secondary N) is 1. The van der Waals surface area contributed by atoms with E-state index in [1.807, 2.05) is 19.9 Å². The summed E-state index contributed by atoms with van der Waals surface area (Å²) in [6.07, 6.45) is 1.09. The van der Waals surface area contributed by atoms with Crippen LogP contribution in [0.3, 0.4) is 0 Å². The summed E-state index contributed by atoms with van der Waals surface area (Å²) in [5.41, 5.74) is 2.46. The van der Waals surface area contributed by atoms with Gasteiger partial charge in [-0.1, -0.05) is 29.8 Å². The molecule has 0 spiro atoms. The van der Waals surface area contributed by atoms with Gasteiger partial charge in [-0.2, -0.15) is 0 Å². The van der Waals surface area contributed by atoms with Crippen molar-refractivity contribution in [1.29, 1.82) is 0 Å². The van der Waals surface area contributed by atoms with Crippen LogP contribution in [-0.2, 0) is 14.8 Å². The lowest BCUT2D eigenvalue weighted by Crippen LogP contribution is -2.48. The maximum Gasteiger partial charge on any atom is 0.243 e. The molecule has 6 nitrogen and oxygen atoms in total. The molecule has 152 valence electrons. The summed E-state index contributed by atoms with van der Waals surface area (Å²) in [5, 5.41) is 3.19. The standard InChI is InChI=1S/C20H25ClN2O4S/c1-14-9-10-17(13-15(14)2)23(28(4,25)26)16(3)20(24)22-11-12-27-19-8-6-5-7-18(19)21/h5-10,13,16H,11-12H2,1-4H3,(H,22,24)/t16-/m0/s1. The minimum Gasteiger partial charge on any atom is -0.490 e. The van der Waals surface area contributed by atoms with Gasteiger partial charge in [-0.05, 0) is 56.2 Å². The van der Waals surface area contributed by atoms with E-state index in [0.717, 1.165) is 21.7 Å². The number of carbonyl (C=O) groups is 1. The molecule has 0 heterocycles. The van der Waals surface area contributed by atoms with Crippen LogP contribution in [0.15, 0.2) is 42.5 Å². The number of hydrogen-bond acceptors (Lipinski definition) is 4. The zero-order chi connectivity index (χ0) is 20.9. The molecule has 2 aromatic rings. The van der Waals surface area contributed by atoms with E-state index in [1.165, 1.54) is 0 Å². The summed E-state index contributed by atoms with van der Waals surface area (Å²) in [6, 6.07) is 11.4. The number of carbonyl (C=O) groups excluding carboxylic acids is 1. The highest BCUT2D eigenvalue weighted by Gasteiger charge is 2.29. The second-order valence-electron chi connectivity index (χ2n) is 6.57. The van der Waals surface area contributed by atoms with Crippen molar-refractivity contribution >= 4 is 33.2 Å². The van der Waals surface area contributed by atoms with E-state index < -0.39 is 22.0 Å². The van der Waals surface area contributed by atoms with E-state index in [0.29, 0.717) is 16.5 Å². The monoisotopic (exact) mass is 424 g/mol. The molecular weight excluding hydrogens is 400 g/mol. The zero-order valence-electron chi connectivity index (χ0n) is 16.4. The zero-order valence-corrected chi connectivity index (χ0v) is 18.0. The molecular formula is C20H25ClN2O4S. The minimum absolute atomic E-state index is 0.213. The Morgan fingerprint density at radius 2 is 1.86 bits per heavy atom. The van der Waals surface area contributed by atoms with Crippen LogP contribution < -0.4 is 14.4 Å². The molecule has 1 N–H and O–H groups in total. The van der Waals surface area contributed by atoms with Gasteiger partial charge in [-0.15, -0.1) is 0 Å². The van der Waals surface area contributed by atoms with Crippen LogP contribution in [0.2, 0.25) is 5.02 Å². The fourth-order valence-electron chi connectivity index (χ4n) is 2.72. The summed E-state index contributed by atoms with van der Waals surface area (Å²) in [5.74, 6) is 0.116. The maximum absolute atomic E-state index is 12.5. The van der Waals surface area contributed by atoms with E-state index >= 15 is 0 Å². The first kappa shape index (κ1) is 22.0. The van der Waals surface area contributed by atoms with Crippen molar-refractivity contribution < 1.29 is 17.9 Å². The van der Waals surface area contributed by atoms with Gasteiger partial charge in [0.25, 0.3) is 0 Å². The largest absolute Gasteiger partial charge is 0.490 e. The molecule has 0 aromatic heterocycles. The number of sulfonamides is 1. The van der Waals surface area contributed by atoms with Crippen LogP contribution in [-0.4, -0.2) is 39.8 Å². The molecule has 0 unspecified atom stereocenters. The molecule has 2 rings (SSSR count). The number of aryl methyl sites for hydroxylation is 2. The number of amides is 1. The SMILES string of the molecule is Cc1ccc(N([C@@H](C)C(=O)NCCOc2ccccc2Cl)S(C)(=O)=O)cc1C. The van der Waals surface area contributed by atoms with Crippen molar-refractivity contribution in [3.05, 3.63) is 58.6 Å². The number of nitrogens with zero attached hydrogens (tertiary/aromatic N) is 1. The number of ether oxygens (including phenoxy) is 1. The third-order valence-electron chi connectivity index (χ3n) is 4.33. The molecule has 28 heavy (non-hydrogen) atoms. The third kappa shape index (κ3) is 5.62. The van der Waals surface area contributed by atoms with E-state index in [9.17, 15) is 13.2 Å². The third-order valence-corrected chi connectivity index (χ3v) is 5.88. The molecule has 1 atom stereocenters. The predicted octanol–water partition coefficient (Wildman–Crippen LogP) is 3.31. The first-order chi connectivity index (χ1) is 13.1. The summed E-state index contributed by atoms with van der Waals surface area (Å²) < 4.78 is 31.3. The Morgan fingerprint density at radius 1 is 1.18 bits per heavy atom. The highest BCUT2D eigenvalue weighted by Crippen LogP contribution is 2.24. The lowest BCUT2D eigenvalue weighted by atomic mass is 10.1. The summed E-state index contributed by atoms with van der Waals surface area (Å²) >= 11 is 6.01. The van der Waals surface area contributed by atoms with E-state index in [4.69, 9.17) is 16.3 Å². The normalized spacial score (nSPS) is 12.3. The van der Waals surface area contributed by atoms with Crippen LogP contribution in [0.5, 0.6) is 5.75 Å². The molecule has 0 saturated carbocycles. The highest BCUT2D eigenvalue weighted by atomic mass is 35.5. The molecule has 0 aliphatic carbocycles. The molecule has 8 heteroatoms. The first-order valence-corrected chi connectivity index (χ1v) is 11.1. The summed E-state index contributed by atoms with van der Waals surface area (Å²) in [6.45, 7) is 5.83. The molecule has 0 aliphatic rings. The average Bonchev–Trinajstić information content (AvgIpc) is 2.62. The maximum atomic E-state index is 12.5. The lowest BCUT2D eigenvalue weighted by molar-refractivity contribution is -0.121. The van der Waals surface area contributed by atoms with Crippen LogP contribution in [0.25, 0.3) is 0 Å². The Bertz CT molecular complexity index is 947. The Kier molecular flexibility index (Phi) is 7.32. The number of benzene rings is 2. The van der Waals surface area contributed by atoms with E-state index in [-0.39, 0.29) is 13.2 Å². The van der Waals surface area contributed by atoms with Gasteiger partial charge in [0.2, 0.25) is 15.9 Å². The van der Waals surface area contributed by atoms with Gasteiger partial charge in [-0.3, -0.25) is 9.10 Å². The Hall–Kier alpha value is -2.25. The second kappa shape index (κ2) is 9.30. The van der Waals surface area contributed by atoms with Crippen molar-refractivity contribution in [2.75, 3.05) is 23.7 Å². The van der Waals surface area contributed by atoms with Gasteiger partial charge in [-0.25, -0.2) is 8.42 Å². The van der Waals surface area contributed by atoms with Crippen molar-refractivity contribution in [1.82, 2.24) is 5.32 Å². The van der Waals surface area contributed by atoms with Crippen molar-refractivity contribution in [3.8, 4) is 5.75 Å². The van der Waals surface area contributed by atoms with Gasteiger partial charge < -0.3 is 10.1 Å². The lowest BCUT2D eigenvalue weighted by Gasteiger charge is -2.28. The van der Waals surface area contributed by atoms with Crippen molar-refractivity contribution in [3.63, 3.8) is 0 Å². The molecule has 1 amide bonds. The average molecular weight is 425 g/mol. The quantitative estimate of drug-likeness (QED) is 0.659. The fourth-order valence-corrected chi connectivity index (χ4v) is 4.07. The van der Waals surface area contributed by atoms with Crippen molar-refractivity contribution in [2.45, 2.75) is 26.8 Å². The summed E-state index contributed by atoms with van der Waals surface area (Å²) in [7, 11) is -3.65. The van der Waals surface area contributed by atoms with Crippen LogP contribution in [0.4, 0.5) is 5.69 Å². The van der Waals surface area contributed by atoms with Gasteiger partial charge in [0.1, 0.15) is 18.4 Å². The predicted molar refractivity (Wildman–Crippen MR) is 113 cm³/mol. The fraction of sp³-hybridized carbons (Fsp3) is 0.350. The molecule has 0 aliphatic heterocycles. The number of halogens is 1. The van der Waals surface area contributed by atoms with Gasteiger partial charge in [0, 0.05) is 0 Å². The molecule has 0 fully saturated rings. The van der Waals surface area contributed by atoms with E-state index in [2.05, 4.69) is 5.32 Å².